The molecule has 0 aliphatic carbocycles. The van der Waals surface area contributed by atoms with Gasteiger partial charge in [0.25, 0.3) is 0 Å². The summed E-state index contributed by atoms with van der Waals surface area (Å²) in [5.74, 6) is 1.92. The number of nitrogens with zero attached hydrogens (tertiary/aromatic N) is 2. The zero-order chi connectivity index (χ0) is 40.0. The van der Waals surface area contributed by atoms with Crippen molar-refractivity contribution in [2.24, 2.45) is 0 Å². The first-order valence-electron chi connectivity index (χ1n) is 20.6. The van der Waals surface area contributed by atoms with Gasteiger partial charge < -0.3 is 14.5 Å². The molecule has 0 fully saturated rings. The van der Waals surface area contributed by atoms with Crippen LogP contribution in [0.3, 0.4) is 0 Å². The molecule has 5 heterocycles. The third-order valence-electron chi connectivity index (χ3n) is 12.9. The fraction of sp³-hybridized carbons (Fsp3) is 0. The lowest BCUT2D eigenvalue weighted by atomic mass is 10.1. The minimum absolute atomic E-state index is 0.907. The average molecular weight is 853 g/mol. The number of hydrogen-bond donors (Lipinski definition) is 0. The Labute approximate surface area is 358 Å². The summed E-state index contributed by atoms with van der Waals surface area (Å²) in [5.41, 5.74) is 7.31. The van der Waals surface area contributed by atoms with E-state index in [1.54, 1.807) is 0 Å². The average Bonchev–Trinajstić information content (AvgIpc) is 3.83. The van der Waals surface area contributed by atoms with Crippen LogP contribution < -0.4 is 14.5 Å². The zero-order valence-corrected chi connectivity index (χ0v) is 36.5. The molecular weight excluding hydrogens is 818 g/mol. The van der Waals surface area contributed by atoms with Crippen molar-refractivity contribution in [1.82, 2.24) is 0 Å². The van der Waals surface area contributed by atoms with Gasteiger partial charge in [-0.25, -0.2) is 0 Å². The second kappa shape index (κ2) is 12.7. The number of benzene rings is 9. The van der Waals surface area contributed by atoms with Crippen molar-refractivity contribution in [1.29, 1.82) is 0 Å². The van der Waals surface area contributed by atoms with Gasteiger partial charge in [0.1, 0.15) is 11.5 Å². The van der Waals surface area contributed by atoms with E-state index >= 15 is 0 Å². The van der Waals surface area contributed by atoms with Crippen LogP contribution in [0.25, 0.3) is 52.6 Å². The predicted octanol–water partition coefficient (Wildman–Crippen LogP) is 18.0. The van der Waals surface area contributed by atoms with E-state index in [9.17, 15) is 0 Å². The van der Waals surface area contributed by atoms with Crippen LogP contribution >= 0.6 is 33.2 Å². The monoisotopic (exact) mass is 852 g/mol. The molecule has 11 aromatic rings. The Morgan fingerprint density at radius 2 is 0.787 bits per heavy atom. The van der Waals surface area contributed by atoms with Gasteiger partial charge in [0.05, 0.1) is 37.4 Å². The SMILES string of the molecule is PS12c3c4cccc3N(c3ccccc3)c3c1c(cc1c5ccccc5p(-c5ccccc5)c31)Oc1cc3c5ccccc5p(-c5ccccc5)c3c(c12)N4c1ccccc1. The van der Waals surface area contributed by atoms with Crippen LogP contribution in [0.15, 0.2) is 215 Å². The third-order valence-corrected chi connectivity index (χ3v) is 23.3. The first-order valence-corrected chi connectivity index (χ1v) is 26.4. The molecular formula is C54H35N2OP3S. The first kappa shape index (κ1) is 34.5. The van der Waals surface area contributed by atoms with Crippen LogP contribution in [-0.4, -0.2) is 0 Å². The number of ether oxygens (including phenoxy) is 1. The Hall–Kier alpha value is -6.24. The van der Waals surface area contributed by atoms with E-state index < -0.39 is 24.7 Å². The van der Waals surface area contributed by atoms with Gasteiger partial charge in [-0.05, 0) is 69.9 Å². The largest absolute Gasteiger partial charge is 0.455 e. The van der Waals surface area contributed by atoms with Gasteiger partial charge in [0, 0.05) is 42.6 Å². The summed E-state index contributed by atoms with van der Waals surface area (Å²) in [6.45, 7) is 0. The Morgan fingerprint density at radius 3 is 1.23 bits per heavy atom. The quantitative estimate of drug-likeness (QED) is 0.164. The summed E-state index contributed by atoms with van der Waals surface area (Å²) < 4.78 is 7.61. The summed E-state index contributed by atoms with van der Waals surface area (Å²) in [6.07, 6.45) is 0. The first-order chi connectivity index (χ1) is 30.2. The van der Waals surface area contributed by atoms with E-state index in [0.29, 0.717) is 0 Å². The topological polar surface area (TPSA) is 15.7 Å². The summed E-state index contributed by atoms with van der Waals surface area (Å²) >= 11 is 0. The molecule has 0 saturated carbocycles. The lowest BCUT2D eigenvalue weighted by Crippen LogP contribution is -2.28. The predicted molar refractivity (Wildman–Crippen MR) is 266 cm³/mol. The Balaban J connectivity index is 1.23. The number of para-hydroxylation sites is 2. The van der Waals surface area contributed by atoms with Gasteiger partial charge >= 0.3 is 0 Å². The van der Waals surface area contributed by atoms with Crippen LogP contribution in [0, 0.1) is 0 Å². The van der Waals surface area contributed by atoms with Gasteiger partial charge in [-0.15, -0.1) is 9.65 Å². The maximum atomic E-state index is 7.61. The fourth-order valence-corrected chi connectivity index (χ4v) is 21.8. The van der Waals surface area contributed by atoms with Gasteiger partial charge in [-0.1, -0.05) is 175 Å². The lowest BCUT2D eigenvalue weighted by molar-refractivity contribution is 0.455. The summed E-state index contributed by atoms with van der Waals surface area (Å²) in [5, 5.41) is 13.5. The molecule has 61 heavy (non-hydrogen) atoms. The molecule has 0 N–H and O–H groups in total. The lowest BCUT2D eigenvalue weighted by Gasteiger charge is -2.55. The fourth-order valence-electron chi connectivity index (χ4n) is 10.6. The Morgan fingerprint density at radius 1 is 0.393 bits per heavy atom. The molecule has 7 heteroatoms. The maximum Gasteiger partial charge on any atom is 0.143 e. The number of hydrogen-bond acceptors (Lipinski definition) is 3. The van der Waals surface area contributed by atoms with Crippen molar-refractivity contribution >= 4 is 109 Å². The van der Waals surface area contributed by atoms with Crippen molar-refractivity contribution in [3.05, 3.63) is 200 Å². The molecule has 3 aliphatic rings. The van der Waals surface area contributed by atoms with Crippen molar-refractivity contribution in [3.63, 3.8) is 0 Å². The molecule has 3 unspecified atom stereocenters. The highest BCUT2D eigenvalue weighted by Crippen LogP contribution is 2.91. The molecule has 9 aromatic carbocycles. The van der Waals surface area contributed by atoms with Crippen molar-refractivity contribution in [3.8, 4) is 22.1 Å². The molecule has 0 saturated heterocycles. The molecule has 0 amide bonds. The highest BCUT2D eigenvalue weighted by Gasteiger charge is 2.53. The normalized spacial score (nSPS) is 17.4. The molecule has 0 spiro atoms. The molecule has 0 radical (unpaired) electrons. The molecule has 2 aromatic heterocycles. The number of rotatable bonds is 4. The summed E-state index contributed by atoms with van der Waals surface area (Å²) in [7, 11) is -0.239. The van der Waals surface area contributed by atoms with E-state index in [1.165, 1.54) is 90.1 Å². The van der Waals surface area contributed by atoms with Crippen molar-refractivity contribution in [2.45, 2.75) is 14.7 Å². The van der Waals surface area contributed by atoms with Crippen LogP contribution in [0.1, 0.15) is 0 Å². The van der Waals surface area contributed by atoms with E-state index in [4.69, 9.17) is 4.74 Å². The van der Waals surface area contributed by atoms with Crippen LogP contribution in [0.2, 0.25) is 0 Å². The molecule has 3 nitrogen and oxygen atoms in total. The van der Waals surface area contributed by atoms with Crippen LogP contribution in [0.5, 0.6) is 11.5 Å². The second-order valence-electron chi connectivity index (χ2n) is 16.0. The third kappa shape index (κ3) is 4.46. The smallest absolute Gasteiger partial charge is 0.143 e. The van der Waals surface area contributed by atoms with Gasteiger partial charge in [-0.2, -0.15) is 0 Å². The molecule has 3 aliphatic heterocycles. The minimum atomic E-state index is -2.04. The molecule has 14 rings (SSSR count). The second-order valence-corrected chi connectivity index (χ2v) is 24.9. The van der Waals surface area contributed by atoms with E-state index in [-0.39, 0.29) is 0 Å². The van der Waals surface area contributed by atoms with Gasteiger partial charge in [0.15, 0.2) is 0 Å². The highest BCUT2D eigenvalue weighted by molar-refractivity contribution is 8.69. The summed E-state index contributed by atoms with van der Waals surface area (Å²) in [4.78, 5) is 9.16. The van der Waals surface area contributed by atoms with Gasteiger partial charge in [0.2, 0.25) is 0 Å². The minimum Gasteiger partial charge on any atom is -0.455 e. The maximum absolute atomic E-state index is 7.61. The molecule has 3 atom stereocenters. The van der Waals surface area contributed by atoms with E-state index in [1.807, 2.05) is 0 Å². The van der Waals surface area contributed by atoms with E-state index in [0.717, 1.165) is 22.9 Å². The van der Waals surface area contributed by atoms with Crippen molar-refractivity contribution < 1.29 is 4.74 Å². The van der Waals surface area contributed by atoms with E-state index in [2.05, 4.69) is 218 Å². The van der Waals surface area contributed by atoms with Crippen LogP contribution in [0.4, 0.5) is 34.1 Å². The van der Waals surface area contributed by atoms with Crippen LogP contribution in [-0.2, 0) is 0 Å². The molecule has 288 valence electrons. The standard InChI is InChI=1S/C54H35N2OP3S/c58-61-52-42-28-17-29-43(52)56(35-20-7-2-8-21-35)49-51-41(39-27-14-16-31-47(39)60(51)37-24-11-4-12-25-37)33-45(54(49)61)57-44-32-40-38-26-13-15-30-46(38)59(36-22-9-3-10-23-36)50(40)48(53(44)61)55(42)34-18-5-1-6-19-34/h1-33H,58H2. The summed E-state index contributed by atoms with van der Waals surface area (Å²) in [6, 6.07) is 74.6. The zero-order valence-electron chi connectivity index (χ0n) is 32.7. The molecule has 0 bridgehead atoms. The highest BCUT2D eigenvalue weighted by atomic mass is 32.8. The van der Waals surface area contributed by atoms with Gasteiger partial charge in [-0.3, -0.25) is 0 Å². The Kier molecular flexibility index (Phi) is 7.15. The number of anilines is 6. The number of fused-ring (bicyclic) bond motifs is 8. The van der Waals surface area contributed by atoms with Crippen molar-refractivity contribution in [2.75, 3.05) is 9.80 Å². The Bertz CT molecular complexity index is 3410.